The summed E-state index contributed by atoms with van der Waals surface area (Å²) in [6.45, 7) is 0.504. The van der Waals surface area contributed by atoms with Gasteiger partial charge in [0.1, 0.15) is 23.5 Å². The van der Waals surface area contributed by atoms with Crippen LogP contribution in [0.25, 0.3) is 22.8 Å². The summed E-state index contributed by atoms with van der Waals surface area (Å²) in [5.74, 6) is -0.672. The highest BCUT2D eigenvalue weighted by Crippen LogP contribution is 2.32. The molecule has 0 N–H and O–H groups in total. The van der Waals surface area contributed by atoms with E-state index in [4.69, 9.17) is 9.26 Å². The molecule has 0 saturated carbocycles. The molecule has 160 valence electrons. The number of benzene rings is 3. The Morgan fingerprint density at radius 2 is 1.75 bits per heavy atom. The Hall–Kier alpha value is -4.07. The summed E-state index contributed by atoms with van der Waals surface area (Å²) in [6, 6.07) is 19.5. The summed E-state index contributed by atoms with van der Waals surface area (Å²) in [6.07, 6.45) is -0.298. The minimum absolute atomic E-state index is 0.252. The highest BCUT2D eigenvalue weighted by Gasteiger charge is 2.34. The summed E-state index contributed by atoms with van der Waals surface area (Å²) in [5.41, 5.74) is 1.17. The van der Waals surface area contributed by atoms with Gasteiger partial charge in [-0.15, -0.1) is 0 Å². The lowest BCUT2D eigenvalue weighted by Gasteiger charge is -2.39. The van der Waals surface area contributed by atoms with Crippen LogP contribution in [0.4, 0.5) is 8.78 Å². The first-order valence-electron chi connectivity index (χ1n) is 9.98. The molecule has 1 aliphatic rings. The lowest BCUT2D eigenvalue weighted by atomic mass is 10.1. The first-order chi connectivity index (χ1) is 15.6. The minimum Gasteiger partial charge on any atom is -0.486 e. The molecular formula is C24H17F2N3O3. The van der Waals surface area contributed by atoms with Gasteiger partial charge >= 0.3 is 0 Å². The number of hydrogen-bond donors (Lipinski definition) is 0. The predicted octanol–water partition coefficient (Wildman–Crippen LogP) is 4.59. The predicted molar refractivity (Wildman–Crippen MR) is 112 cm³/mol. The van der Waals surface area contributed by atoms with Crippen molar-refractivity contribution in [2.24, 2.45) is 0 Å². The van der Waals surface area contributed by atoms with E-state index in [1.807, 2.05) is 42.5 Å². The fourth-order valence-corrected chi connectivity index (χ4v) is 3.47. The Kier molecular flexibility index (Phi) is 5.10. The van der Waals surface area contributed by atoms with E-state index in [-0.39, 0.29) is 24.8 Å². The van der Waals surface area contributed by atoms with E-state index in [9.17, 15) is 13.6 Å². The molecule has 0 bridgehead atoms. The van der Waals surface area contributed by atoms with Crippen molar-refractivity contribution in [3.63, 3.8) is 0 Å². The number of rotatable bonds is 5. The van der Waals surface area contributed by atoms with Gasteiger partial charge in [0.15, 0.2) is 0 Å². The van der Waals surface area contributed by atoms with Crippen molar-refractivity contribution in [2.75, 3.05) is 13.1 Å². The lowest BCUT2D eigenvalue weighted by molar-refractivity contribution is 0.0176. The van der Waals surface area contributed by atoms with Crippen LogP contribution in [0.5, 0.6) is 5.75 Å². The fourth-order valence-electron chi connectivity index (χ4n) is 3.47. The standard InChI is InChI=1S/C24H17F2N3O3/c25-16-10-11-20(26)19(12-16)24(30)29-13-17(14-29)31-21-9-5-4-8-18(21)23-27-22(28-32-23)15-6-2-1-3-7-15/h1-12,17H,13-14H2. The second-order valence-corrected chi connectivity index (χ2v) is 7.36. The van der Waals surface area contributed by atoms with Crippen molar-refractivity contribution >= 4 is 5.91 Å². The molecule has 32 heavy (non-hydrogen) atoms. The summed E-state index contributed by atoms with van der Waals surface area (Å²) < 4.78 is 38.7. The average Bonchev–Trinajstić information content (AvgIpc) is 3.28. The van der Waals surface area contributed by atoms with Gasteiger partial charge < -0.3 is 14.2 Å². The molecule has 3 aromatic carbocycles. The van der Waals surface area contributed by atoms with Crippen LogP contribution in [0.2, 0.25) is 0 Å². The zero-order chi connectivity index (χ0) is 22.1. The van der Waals surface area contributed by atoms with Gasteiger partial charge in [0.2, 0.25) is 5.82 Å². The Bertz CT molecular complexity index is 1270. The van der Waals surface area contributed by atoms with E-state index in [0.29, 0.717) is 23.0 Å². The number of likely N-dealkylation sites (tertiary alicyclic amines) is 1. The maximum atomic E-state index is 13.9. The van der Waals surface area contributed by atoms with Crippen LogP contribution in [0, 0.1) is 11.6 Å². The van der Waals surface area contributed by atoms with Crippen molar-refractivity contribution in [1.29, 1.82) is 0 Å². The summed E-state index contributed by atoms with van der Waals surface area (Å²) in [7, 11) is 0. The first-order valence-corrected chi connectivity index (χ1v) is 9.98. The third kappa shape index (κ3) is 3.82. The van der Waals surface area contributed by atoms with Crippen LogP contribution in [-0.2, 0) is 0 Å². The minimum atomic E-state index is -0.753. The molecule has 6 nitrogen and oxygen atoms in total. The molecule has 0 unspecified atom stereocenters. The second kappa shape index (κ2) is 8.22. The number of ether oxygens (including phenoxy) is 1. The molecule has 1 fully saturated rings. The number of carbonyl (C=O) groups is 1. The van der Waals surface area contributed by atoms with E-state index >= 15 is 0 Å². The molecule has 0 radical (unpaired) electrons. The van der Waals surface area contributed by atoms with E-state index in [1.54, 1.807) is 12.1 Å². The van der Waals surface area contributed by atoms with Crippen molar-refractivity contribution < 1.29 is 22.8 Å². The highest BCUT2D eigenvalue weighted by atomic mass is 19.1. The van der Waals surface area contributed by atoms with Crippen LogP contribution in [0.15, 0.2) is 77.3 Å². The van der Waals surface area contributed by atoms with Crippen molar-refractivity contribution in [1.82, 2.24) is 15.0 Å². The third-order valence-electron chi connectivity index (χ3n) is 5.16. The first kappa shape index (κ1) is 19.9. The Labute approximate surface area is 182 Å². The Balaban J connectivity index is 1.29. The quantitative estimate of drug-likeness (QED) is 0.461. The van der Waals surface area contributed by atoms with Crippen LogP contribution < -0.4 is 4.74 Å². The van der Waals surface area contributed by atoms with Gasteiger partial charge in [-0.1, -0.05) is 47.6 Å². The number of para-hydroxylation sites is 1. The van der Waals surface area contributed by atoms with E-state index in [2.05, 4.69) is 10.1 Å². The van der Waals surface area contributed by atoms with Crippen LogP contribution in [0.3, 0.4) is 0 Å². The van der Waals surface area contributed by atoms with E-state index in [0.717, 1.165) is 23.8 Å². The molecule has 2 heterocycles. The van der Waals surface area contributed by atoms with Crippen molar-refractivity contribution in [3.05, 3.63) is 90.0 Å². The molecule has 0 aliphatic carbocycles. The zero-order valence-electron chi connectivity index (χ0n) is 16.7. The van der Waals surface area contributed by atoms with Crippen LogP contribution in [0.1, 0.15) is 10.4 Å². The van der Waals surface area contributed by atoms with Gasteiger partial charge in [0.25, 0.3) is 11.8 Å². The van der Waals surface area contributed by atoms with Gasteiger partial charge in [-0.2, -0.15) is 4.98 Å². The normalized spacial score (nSPS) is 13.6. The van der Waals surface area contributed by atoms with Crippen LogP contribution >= 0.6 is 0 Å². The molecule has 0 spiro atoms. The Morgan fingerprint density at radius 3 is 2.56 bits per heavy atom. The zero-order valence-corrected chi connectivity index (χ0v) is 16.7. The summed E-state index contributed by atoms with van der Waals surface area (Å²) >= 11 is 0. The SMILES string of the molecule is O=C(c1cc(F)ccc1F)N1CC(Oc2ccccc2-c2nc(-c3ccccc3)no2)C1. The third-order valence-corrected chi connectivity index (χ3v) is 5.16. The van der Waals surface area contributed by atoms with Gasteiger partial charge in [-0.05, 0) is 30.3 Å². The van der Waals surface area contributed by atoms with E-state index in [1.165, 1.54) is 4.90 Å². The van der Waals surface area contributed by atoms with Crippen molar-refractivity contribution in [3.8, 4) is 28.6 Å². The van der Waals surface area contributed by atoms with Crippen molar-refractivity contribution in [2.45, 2.75) is 6.10 Å². The molecule has 1 aliphatic heterocycles. The topological polar surface area (TPSA) is 68.5 Å². The number of amides is 1. The highest BCUT2D eigenvalue weighted by molar-refractivity contribution is 5.95. The Morgan fingerprint density at radius 1 is 1.00 bits per heavy atom. The molecule has 8 heteroatoms. The maximum absolute atomic E-state index is 13.9. The van der Waals surface area contributed by atoms with Gasteiger partial charge in [-0.25, -0.2) is 8.78 Å². The van der Waals surface area contributed by atoms with E-state index < -0.39 is 17.5 Å². The number of nitrogens with zero attached hydrogens (tertiary/aromatic N) is 3. The molecule has 0 atom stereocenters. The summed E-state index contributed by atoms with van der Waals surface area (Å²) in [5, 5.41) is 4.04. The van der Waals surface area contributed by atoms with Gasteiger partial charge in [0, 0.05) is 5.56 Å². The number of halogens is 2. The average molecular weight is 433 g/mol. The van der Waals surface area contributed by atoms with Gasteiger partial charge in [0.05, 0.1) is 24.2 Å². The number of aromatic nitrogens is 2. The largest absolute Gasteiger partial charge is 0.486 e. The van der Waals surface area contributed by atoms with Gasteiger partial charge in [-0.3, -0.25) is 4.79 Å². The molecule has 1 aromatic heterocycles. The smallest absolute Gasteiger partial charge is 0.262 e. The second-order valence-electron chi connectivity index (χ2n) is 7.36. The molecule has 4 aromatic rings. The molecule has 1 amide bonds. The lowest BCUT2D eigenvalue weighted by Crippen LogP contribution is -2.56. The summed E-state index contributed by atoms with van der Waals surface area (Å²) in [4.78, 5) is 18.3. The molecule has 5 rings (SSSR count). The maximum Gasteiger partial charge on any atom is 0.262 e. The number of hydrogen-bond acceptors (Lipinski definition) is 5. The van der Waals surface area contributed by atoms with Crippen LogP contribution in [-0.4, -0.2) is 40.1 Å². The molecular weight excluding hydrogens is 416 g/mol. The monoisotopic (exact) mass is 433 g/mol. The fraction of sp³-hybridized carbons (Fsp3) is 0.125. The number of carbonyl (C=O) groups excluding carboxylic acids is 1. The molecule has 1 saturated heterocycles.